The highest BCUT2D eigenvalue weighted by Crippen LogP contribution is 2.34. The summed E-state index contributed by atoms with van der Waals surface area (Å²) < 4.78 is 43.5. The van der Waals surface area contributed by atoms with Crippen molar-refractivity contribution in [3.05, 3.63) is 70.3 Å². The number of rotatable bonds is 4. The average Bonchev–Trinajstić information content (AvgIpc) is 3.42. The summed E-state index contributed by atoms with van der Waals surface area (Å²) in [5.74, 6) is -1.29. The lowest BCUT2D eigenvalue weighted by Crippen LogP contribution is -2.53. The molecule has 0 saturated carbocycles. The van der Waals surface area contributed by atoms with Crippen molar-refractivity contribution in [1.82, 2.24) is 14.0 Å². The standard InChI is InChI=1S/C20H17ClF2N4O2S2.3C2H6/c1-27-17(19(28)25-13-6-7-15(23)14(21)8-13)9-16(26-31(27)29)20-24-10-18(30-20)11-2-4-12(22)5-3-11;3*1-2/h2-8,10,16-17,26H,9H2,1H3,(H,25,28);3*1-2H3. The molecule has 0 spiro atoms. The molecule has 37 heavy (non-hydrogen) atoms. The van der Waals surface area contributed by atoms with Crippen LogP contribution < -0.4 is 10.0 Å². The van der Waals surface area contributed by atoms with E-state index in [2.05, 4.69) is 15.0 Å². The summed E-state index contributed by atoms with van der Waals surface area (Å²) >= 11 is 5.54. The minimum atomic E-state index is -1.62. The summed E-state index contributed by atoms with van der Waals surface area (Å²) in [5, 5.41) is 3.26. The van der Waals surface area contributed by atoms with Crippen molar-refractivity contribution < 1.29 is 17.8 Å². The van der Waals surface area contributed by atoms with Gasteiger partial charge >= 0.3 is 0 Å². The first-order valence-electron chi connectivity index (χ1n) is 12.2. The molecule has 1 fully saturated rings. The number of aromatic nitrogens is 1. The number of nitrogens with zero attached hydrogens (tertiary/aromatic N) is 2. The lowest BCUT2D eigenvalue weighted by molar-refractivity contribution is -0.120. The summed E-state index contributed by atoms with van der Waals surface area (Å²) in [6, 6.07) is 8.84. The highest BCUT2D eigenvalue weighted by atomic mass is 35.5. The molecule has 6 nitrogen and oxygen atoms in total. The molecule has 1 amide bonds. The van der Waals surface area contributed by atoms with Crippen molar-refractivity contribution in [1.29, 1.82) is 0 Å². The molecule has 3 aromatic rings. The molecule has 2 N–H and O–H groups in total. The van der Waals surface area contributed by atoms with Crippen molar-refractivity contribution in [3.8, 4) is 10.4 Å². The van der Waals surface area contributed by atoms with Gasteiger partial charge < -0.3 is 5.32 Å². The highest BCUT2D eigenvalue weighted by molar-refractivity contribution is 7.80. The van der Waals surface area contributed by atoms with Gasteiger partial charge in [0.2, 0.25) is 5.91 Å². The Kier molecular flexibility index (Phi) is 14.7. The summed E-state index contributed by atoms with van der Waals surface area (Å²) in [4.78, 5) is 18.1. The Morgan fingerprint density at radius 3 is 2.32 bits per heavy atom. The number of amides is 1. The maximum Gasteiger partial charge on any atom is 0.242 e. The zero-order valence-electron chi connectivity index (χ0n) is 22.1. The SMILES string of the molecule is CC.CC.CC.CN1C(C(=O)Nc2ccc(F)c(Cl)c2)CC(c2ncc(-c3ccc(F)cc3)s2)NS1=O. The van der Waals surface area contributed by atoms with Gasteiger partial charge in [-0.3, -0.25) is 4.79 Å². The van der Waals surface area contributed by atoms with Crippen molar-refractivity contribution in [3.63, 3.8) is 0 Å². The summed E-state index contributed by atoms with van der Waals surface area (Å²) in [7, 11) is 1.58. The largest absolute Gasteiger partial charge is 0.325 e. The number of nitrogens with one attached hydrogen (secondary N) is 2. The molecule has 1 aliphatic rings. The molecule has 1 aromatic heterocycles. The first kappa shape index (κ1) is 32.8. The van der Waals surface area contributed by atoms with E-state index in [0.29, 0.717) is 17.1 Å². The third kappa shape index (κ3) is 8.93. The van der Waals surface area contributed by atoms with Crippen LogP contribution in [0.2, 0.25) is 5.02 Å². The first-order valence-corrected chi connectivity index (χ1v) is 14.5. The number of anilines is 1. The number of hydrogen-bond acceptors (Lipinski definition) is 4. The summed E-state index contributed by atoms with van der Waals surface area (Å²) in [6.45, 7) is 12.0. The van der Waals surface area contributed by atoms with Gasteiger partial charge in [0, 0.05) is 18.9 Å². The number of thiazole rings is 1. The molecule has 0 bridgehead atoms. The molecule has 1 saturated heterocycles. The number of carbonyl (C=O) groups excluding carboxylic acids is 1. The molecular weight excluding hydrogens is 538 g/mol. The molecular formula is C26H35ClF2N4O2S2. The topological polar surface area (TPSA) is 74.3 Å². The number of halogens is 3. The second kappa shape index (κ2) is 16.6. The minimum Gasteiger partial charge on any atom is -0.325 e. The lowest BCUT2D eigenvalue weighted by atomic mass is 10.1. The molecule has 11 heteroatoms. The Labute approximate surface area is 230 Å². The van der Waals surface area contributed by atoms with Crippen LogP contribution in [0.15, 0.2) is 48.7 Å². The van der Waals surface area contributed by atoms with Gasteiger partial charge in [0.1, 0.15) is 22.7 Å². The van der Waals surface area contributed by atoms with E-state index in [-0.39, 0.29) is 16.7 Å². The molecule has 0 radical (unpaired) electrons. The molecule has 3 atom stereocenters. The molecule has 2 heterocycles. The maximum atomic E-state index is 13.4. The van der Waals surface area contributed by atoms with Gasteiger partial charge in [0.15, 0.2) is 11.2 Å². The van der Waals surface area contributed by atoms with Crippen molar-refractivity contribution in [2.24, 2.45) is 0 Å². The van der Waals surface area contributed by atoms with E-state index < -0.39 is 29.1 Å². The van der Waals surface area contributed by atoms with Crippen LogP contribution in [-0.4, -0.2) is 32.5 Å². The smallest absolute Gasteiger partial charge is 0.242 e. The van der Waals surface area contributed by atoms with E-state index in [1.807, 2.05) is 41.5 Å². The van der Waals surface area contributed by atoms with E-state index in [1.54, 1.807) is 25.4 Å². The van der Waals surface area contributed by atoms with E-state index in [9.17, 15) is 17.8 Å². The number of hydrogen-bond donors (Lipinski definition) is 2. The molecule has 1 aliphatic heterocycles. The highest BCUT2D eigenvalue weighted by Gasteiger charge is 2.37. The van der Waals surface area contributed by atoms with E-state index in [1.165, 1.54) is 39.9 Å². The monoisotopic (exact) mass is 572 g/mol. The van der Waals surface area contributed by atoms with Crippen molar-refractivity contribution >= 4 is 45.7 Å². The molecule has 204 valence electrons. The Morgan fingerprint density at radius 1 is 1.11 bits per heavy atom. The number of carbonyl (C=O) groups is 1. The van der Waals surface area contributed by atoms with E-state index in [0.717, 1.165) is 16.5 Å². The predicted octanol–water partition coefficient (Wildman–Crippen LogP) is 7.37. The van der Waals surface area contributed by atoms with Crippen LogP contribution in [0.5, 0.6) is 0 Å². The Bertz CT molecular complexity index is 1150. The summed E-state index contributed by atoms with van der Waals surface area (Å²) in [6.07, 6.45) is 1.99. The third-order valence-corrected chi connectivity index (χ3v) is 7.56. The van der Waals surface area contributed by atoms with Gasteiger partial charge in [-0.25, -0.2) is 27.0 Å². The van der Waals surface area contributed by atoms with Gasteiger partial charge in [-0.2, -0.15) is 0 Å². The minimum absolute atomic E-state index is 0.103. The average molecular weight is 573 g/mol. The van der Waals surface area contributed by atoms with Crippen LogP contribution in [0.1, 0.15) is 59.0 Å². The molecule has 4 rings (SSSR count). The summed E-state index contributed by atoms with van der Waals surface area (Å²) in [5.41, 5.74) is 1.17. The molecule has 0 aliphatic carbocycles. The van der Waals surface area contributed by atoms with Crippen LogP contribution in [-0.2, 0) is 16.0 Å². The fraction of sp³-hybridized carbons (Fsp3) is 0.385. The van der Waals surface area contributed by atoms with Crippen LogP contribution in [0.4, 0.5) is 14.5 Å². The fourth-order valence-electron chi connectivity index (χ4n) is 3.16. The van der Waals surface area contributed by atoms with E-state index in [4.69, 9.17) is 11.6 Å². The molecule has 2 aromatic carbocycles. The van der Waals surface area contributed by atoms with E-state index >= 15 is 0 Å². The Hall–Kier alpha value is -2.24. The zero-order valence-corrected chi connectivity index (χ0v) is 24.5. The first-order chi connectivity index (χ1) is 17.8. The zero-order chi connectivity index (χ0) is 28.1. The van der Waals surface area contributed by atoms with Crippen molar-refractivity contribution in [2.75, 3.05) is 12.4 Å². The third-order valence-electron chi connectivity index (χ3n) is 4.84. The normalized spacial score (nSPS) is 18.7. The van der Waals surface area contributed by atoms with Gasteiger partial charge in [0.25, 0.3) is 0 Å². The second-order valence-electron chi connectivity index (χ2n) is 6.91. The van der Waals surface area contributed by atoms with Gasteiger partial charge in [-0.1, -0.05) is 65.3 Å². The van der Waals surface area contributed by atoms with Crippen molar-refractivity contribution in [2.45, 2.75) is 60.0 Å². The quantitative estimate of drug-likeness (QED) is 0.343. The van der Waals surface area contributed by atoms with Gasteiger partial charge in [-0.05, 0) is 42.3 Å². The lowest BCUT2D eigenvalue weighted by Gasteiger charge is -2.34. The van der Waals surface area contributed by atoms with Crippen LogP contribution in [0, 0.1) is 11.6 Å². The van der Waals surface area contributed by atoms with Crippen LogP contribution in [0.25, 0.3) is 10.4 Å². The van der Waals surface area contributed by atoms with Crippen LogP contribution >= 0.6 is 22.9 Å². The van der Waals surface area contributed by atoms with Gasteiger partial charge in [-0.15, -0.1) is 11.3 Å². The maximum absolute atomic E-state index is 13.4. The van der Waals surface area contributed by atoms with Crippen LogP contribution in [0.3, 0.4) is 0 Å². The number of likely N-dealkylation sites (N-methyl/N-ethyl adjacent to an activating group) is 1. The molecule has 3 unspecified atom stereocenters. The fourth-order valence-corrected chi connectivity index (χ4v) is 5.43. The Balaban J connectivity index is 0.00000106. The van der Waals surface area contributed by atoms with Gasteiger partial charge in [0.05, 0.1) is 15.9 Å². The number of benzene rings is 2. The Morgan fingerprint density at radius 2 is 1.73 bits per heavy atom. The predicted molar refractivity (Wildman–Crippen MR) is 152 cm³/mol. The second-order valence-corrected chi connectivity index (χ2v) is 9.68.